The van der Waals surface area contributed by atoms with Gasteiger partial charge in [-0.1, -0.05) is 127 Å². The van der Waals surface area contributed by atoms with Gasteiger partial charge in [-0.2, -0.15) is 0 Å². The van der Waals surface area contributed by atoms with Crippen LogP contribution in [-0.2, 0) is 9.59 Å². The van der Waals surface area contributed by atoms with E-state index in [0.717, 1.165) is 64.2 Å². The van der Waals surface area contributed by atoms with Gasteiger partial charge in [-0.15, -0.1) is 0 Å². The predicted octanol–water partition coefficient (Wildman–Crippen LogP) is 8.18. The van der Waals surface area contributed by atoms with Crippen molar-refractivity contribution in [1.29, 1.82) is 0 Å². The quantitative estimate of drug-likeness (QED) is 0.0457. The van der Waals surface area contributed by atoms with E-state index in [-0.39, 0.29) is 40.1 Å². The van der Waals surface area contributed by atoms with E-state index >= 15 is 0 Å². The van der Waals surface area contributed by atoms with Crippen molar-refractivity contribution in [2.24, 2.45) is 0 Å². The monoisotopic (exact) mass is 768 g/mol. The van der Waals surface area contributed by atoms with E-state index in [1.165, 1.54) is 77.0 Å². The topological polar surface area (TPSA) is 80.3 Å². The number of carbonyl (C=O) groups is 2. The molecule has 0 aromatic carbocycles. The molecule has 0 aromatic rings. The number of unbranched alkanes of at least 4 members (excludes halogenated alkanes) is 16. The molecule has 0 N–H and O–H groups in total. The van der Waals surface area contributed by atoms with Crippen molar-refractivity contribution in [3.05, 3.63) is 48.6 Å². The summed E-state index contributed by atoms with van der Waals surface area (Å²) in [5.74, 6) is -1.84. The van der Waals surface area contributed by atoms with E-state index in [4.69, 9.17) is 0 Å². The molecule has 0 heterocycles. The molecule has 0 amide bonds. The molecule has 0 atom stereocenters. The molecule has 0 saturated heterocycles. The maximum atomic E-state index is 10.2. The van der Waals surface area contributed by atoms with E-state index in [2.05, 4.69) is 62.5 Å². The Hall–Kier alpha value is -1.18. The van der Waals surface area contributed by atoms with Crippen LogP contribution in [0.25, 0.3) is 0 Å². The molecule has 0 aliphatic carbocycles. The third kappa shape index (κ3) is 48.9. The average molecular weight is 768 g/mol. The third-order valence-electron chi connectivity index (χ3n) is 6.66. The van der Waals surface area contributed by atoms with E-state index < -0.39 is 11.9 Å². The molecular formula is C36H64O4Pb. The molecule has 41 heavy (non-hydrogen) atoms. The number of rotatable bonds is 28. The van der Waals surface area contributed by atoms with E-state index in [0.29, 0.717) is 0 Å². The molecule has 0 aliphatic heterocycles. The molecule has 5 heteroatoms. The van der Waals surface area contributed by atoms with Gasteiger partial charge in [-0.05, 0) is 89.9 Å². The van der Waals surface area contributed by atoms with Crippen LogP contribution >= 0.6 is 0 Å². The van der Waals surface area contributed by atoms with Crippen LogP contribution in [0.15, 0.2) is 48.6 Å². The van der Waals surface area contributed by atoms with Crippen molar-refractivity contribution in [3.8, 4) is 0 Å². The van der Waals surface area contributed by atoms with Crippen LogP contribution in [0.4, 0.5) is 0 Å². The second kappa shape index (κ2) is 41.0. The van der Waals surface area contributed by atoms with Gasteiger partial charge in [0.15, 0.2) is 0 Å². The summed E-state index contributed by atoms with van der Waals surface area (Å²) in [4.78, 5) is 20.4. The minimum absolute atomic E-state index is 0. The molecular weight excluding hydrogens is 704 g/mol. The van der Waals surface area contributed by atoms with Gasteiger partial charge in [0, 0.05) is 11.9 Å². The van der Waals surface area contributed by atoms with E-state index in [9.17, 15) is 19.8 Å². The summed E-state index contributed by atoms with van der Waals surface area (Å²) in [6.07, 6.45) is 43.9. The molecule has 0 radical (unpaired) electrons. The number of carboxylic acids is 2. The van der Waals surface area contributed by atoms with Gasteiger partial charge < -0.3 is 19.8 Å². The fraction of sp³-hybridized carbons (Fsp3) is 0.722. The van der Waals surface area contributed by atoms with Crippen LogP contribution in [0, 0.1) is 0 Å². The first-order valence-corrected chi connectivity index (χ1v) is 16.5. The van der Waals surface area contributed by atoms with Crippen molar-refractivity contribution in [2.45, 2.75) is 168 Å². The van der Waals surface area contributed by atoms with Crippen LogP contribution in [-0.4, -0.2) is 39.2 Å². The molecule has 4 nitrogen and oxygen atoms in total. The first-order chi connectivity index (χ1) is 19.5. The second-order valence-corrected chi connectivity index (χ2v) is 10.7. The number of aliphatic carboxylic acids is 2. The van der Waals surface area contributed by atoms with E-state index in [1.54, 1.807) is 0 Å². The standard InChI is InChI=1S/2C18H32O2.Pb.2H/c2*1-2-3-4-5-6-7-8-9-10-11-12-13-14-15-16-17-18(19)20;;;/h2*6-7,9-10H,2-5,8,11-17H2,1H3,(H,19,20);;;/q;;+2;;/p-2/b2*7-6-,10-9-;;;. The van der Waals surface area contributed by atoms with Crippen molar-refractivity contribution < 1.29 is 19.8 Å². The Kier molecular flexibility index (Phi) is 44.2. The summed E-state index contributed by atoms with van der Waals surface area (Å²) in [5, 5.41) is 20.4. The Balaban J connectivity index is -0.000000688. The van der Waals surface area contributed by atoms with Crippen molar-refractivity contribution >= 4 is 39.2 Å². The summed E-state index contributed by atoms with van der Waals surface area (Å²) in [5.41, 5.74) is 0. The molecule has 0 fully saturated rings. The first kappa shape index (κ1) is 44.3. The maximum absolute atomic E-state index is 10.2. The Bertz CT molecular complexity index is 596. The summed E-state index contributed by atoms with van der Waals surface area (Å²) < 4.78 is 0. The van der Waals surface area contributed by atoms with Gasteiger partial charge in [0.25, 0.3) is 0 Å². The zero-order chi connectivity index (χ0) is 29.8. The summed E-state index contributed by atoms with van der Waals surface area (Å²) >= 11 is 0. The molecule has 0 spiro atoms. The number of allylic oxidation sites excluding steroid dienone is 8. The fourth-order valence-corrected chi connectivity index (χ4v) is 4.16. The zero-order valence-corrected chi connectivity index (χ0v) is 32.4. The van der Waals surface area contributed by atoms with Crippen LogP contribution in [0.5, 0.6) is 0 Å². The number of hydrogen-bond donors (Lipinski definition) is 0. The second-order valence-electron chi connectivity index (χ2n) is 10.7. The number of hydrogen-bond acceptors (Lipinski definition) is 4. The van der Waals surface area contributed by atoms with Crippen molar-refractivity contribution in [1.82, 2.24) is 0 Å². The Morgan fingerprint density at radius 1 is 0.415 bits per heavy atom. The number of carbonyl (C=O) groups excluding carboxylic acids is 2. The Labute approximate surface area is 274 Å². The van der Waals surface area contributed by atoms with E-state index in [1.807, 2.05) is 0 Å². The van der Waals surface area contributed by atoms with Crippen molar-refractivity contribution in [2.75, 3.05) is 0 Å². The minimum atomic E-state index is -0.921. The molecule has 0 saturated carbocycles. The molecule has 0 aliphatic rings. The molecule has 0 unspecified atom stereocenters. The number of carboxylic acid groups (broad SMARTS) is 2. The molecule has 0 aromatic heterocycles. The Morgan fingerprint density at radius 3 is 0.976 bits per heavy atom. The molecule has 0 bridgehead atoms. The normalized spacial score (nSPS) is 11.4. The van der Waals surface area contributed by atoms with Crippen LogP contribution in [0.3, 0.4) is 0 Å². The van der Waals surface area contributed by atoms with Gasteiger partial charge in [0.1, 0.15) is 0 Å². The van der Waals surface area contributed by atoms with Crippen LogP contribution in [0.2, 0.25) is 0 Å². The van der Waals surface area contributed by atoms with Crippen molar-refractivity contribution in [3.63, 3.8) is 0 Å². The van der Waals surface area contributed by atoms with Gasteiger partial charge in [-0.25, -0.2) is 0 Å². The molecule has 236 valence electrons. The van der Waals surface area contributed by atoms with Gasteiger partial charge in [0.2, 0.25) is 0 Å². The first-order valence-electron chi connectivity index (χ1n) is 16.5. The van der Waals surface area contributed by atoms with Crippen LogP contribution in [0.1, 0.15) is 168 Å². The summed E-state index contributed by atoms with van der Waals surface area (Å²) in [6.45, 7) is 4.46. The predicted molar refractivity (Wildman–Crippen MR) is 177 cm³/mol. The molecule has 0 rings (SSSR count). The van der Waals surface area contributed by atoms with Gasteiger partial charge >= 0.3 is 27.3 Å². The average Bonchev–Trinajstić information content (AvgIpc) is 2.93. The Morgan fingerprint density at radius 2 is 0.683 bits per heavy atom. The third-order valence-corrected chi connectivity index (χ3v) is 6.66. The fourth-order valence-electron chi connectivity index (χ4n) is 4.16. The SMILES string of the molecule is CCCCC/C=C\C/C=C\CCCCCCCC(=O)[O-].CCCCC/C=C\C/C=C\CCCCCCCC(=O)[O-].[PbH2+2]. The van der Waals surface area contributed by atoms with Crippen LogP contribution < -0.4 is 10.2 Å². The summed E-state index contributed by atoms with van der Waals surface area (Å²) in [6, 6.07) is 0. The summed E-state index contributed by atoms with van der Waals surface area (Å²) in [7, 11) is 0. The zero-order valence-electron chi connectivity index (χ0n) is 26.9. The van der Waals surface area contributed by atoms with Gasteiger partial charge in [0.05, 0.1) is 0 Å². The van der Waals surface area contributed by atoms with Gasteiger partial charge in [-0.3, -0.25) is 0 Å².